The molecular weight excluding hydrogens is 344 g/mol. The summed E-state index contributed by atoms with van der Waals surface area (Å²) in [6.07, 6.45) is 1.54. The van der Waals surface area contributed by atoms with Gasteiger partial charge in [-0.3, -0.25) is 4.79 Å². The van der Waals surface area contributed by atoms with Crippen LogP contribution in [0.2, 0.25) is 0 Å². The number of carbonyl (C=O) groups is 1. The van der Waals surface area contributed by atoms with Crippen molar-refractivity contribution in [1.82, 2.24) is 5.43 Å². The van der Waals surface area contributed by atoms with Crippen molar-refractivity contribution in [3.63, 3.8) is 0 Å². The average molecular weight is 368 g/mol. The van der Waals surface area contributed by atoms with Gasteiger partial charge >= 0.3 is 0 Å². The number of hydrogen-bond acceptors (Lipinski definition) is 2. The molecule has 1 saturated carbocycles. The Morgan fingerprint density at radius 2 is 1.39 bits per heavy atom. The van der Waals surface area contributed by atoms with E-state index in [4.69, 9.17) is 0 Å². The topological polar surface area (TPSA) is 41.5 Å². The van der Waals surface area contributed by atoms with Crippen LogP contribution in [0.15, 0.2) is 96.1 Å². The van der Waals surface area contributed by atoms with Gasteiger partial charge in [-0.05, 0) is 30.0 Å². The fourth-order valence-electron chi connectivity index (χ4n) is 4.01. The van der Waals surface area contributed by atoms with Gasteiger partial charge in [0.25, 0.3) is 0 Å². The zero-order valence-corrected chi connectivity index (χ0v) is 16.0. The van der Waals surface area contributed by atoms with E-state index >= 15 is 0 Å². The van der Waals surface area contributed by atoms with Crippen LogP contribution in [0.4, 0.5) is 0 Å². The number of hydrazone groups is 1. The fraction of sp³-hybridized carbons (Fsp3) is 0.200. The van der Waals surface area contributed by atoms with E-state index in [0.717, 1.165) is 18.6 Å². The molecule has 0 bridgehead atoms. The monoisotopic (exact) mass is 368 g/mol. The molecule has 1 fully saturated rings. The summed E-state index contributed by atoms with van der Waals surface area (Å²) >= 11 is 0. The molecule has 140 valence electrons. The van der Waals surface area contributed by atoms with E-state index < -0.39 is 0 Å². The van der Waals surface area contributed by atoms with Crippen molar-refractivity contribution in [3.8, 4) is 0 Å². The summed E-state index contributed by atoms with van der Waals surface area (Å²) in [4.78, 5) is 12.9. The fourth-order valence-corrected chi connectivity index (χ4v) is 4.01. The molecule has 1 amide bonds. The first-order valence-electron chi connectivity index (χ1n) is 9.68. The summed E-state index contributed by atoms with van der Waals surface area (Å²) in [6.45, 7) is 1.95. The second kappa shape index (κ2) is 7.81. The molecular formula is C25H24N2O. The highest BCUT2D eigenvalue weighted by molar-refractivity contribution is 5.89. The van der Waals surface area contributed by atoms with E-state index in [0.29, 0.717) is 0 Å². The lowest BCUT2D eigenvalue weighted by Gasteiger charge is -2.18. The molecule has 3 aromatic rings. The molecule has 0 aliphatic heterocycles. The van der Waals surface area contributed by atoms with Crippen LogP contribution in [0.5, 0.6) is 0 Å². The van der Waals surface area contributed by atoms with Crippen molar-refractivity contribution in [1.29, 1.82) is 0 Å². The summed E-state index contributed by atoms with van der Waals surface area (Å²) in [5.41, 5.74) is 7.01. The highest BCUT2D eigenvalue weighted by Crippen LogP contribution is 2.58. The zero-order valence-electron chi connectivity index (χ0n) is 16.0. The molecule has 1 N–H and O–H groups in total. The van der Waals surface area contributed by atoms with Gasteiger partial charge in [0, 0.05) is 17.5 Å². The number of nitrogens with zero attached hydrogens (tertiary/aromatic N) is 1. The van der Waals surface area contributed by atoms with Crippen LogP contribution in [0.25, 0.3) is 0 Å². The van der Waals surface area contributed by atoms with Crippen molar-refractivity contribution in [3.05, 3.63) is 108 Å². The van der Waals surface area contributed by atoms with Crippen LogP contribution in [0, 0.1) is 5.92 Å². The number of hydrogen-bond donors (Lipinski definition) is 1. The second-order valence-electron chi connectivity index (χ2n) is 7.45. The molecule has 28 heavy (non-hydrogen) atoms. The molecule has 4 rings (SSSR count). The predicted octanol–water partition coefficient (Wildman–Crippen LogP) is 4.73. The third-order valence-electron chi connectivity index (χ3n) is 5.51. The number of nitrogens with one attached hydrogen (secondary N) is 1. The third-order valence-corrected chi connectivity index (χ3v) is 5.51. The largest absolute Gasteiger partial charge is 0.273 e. The highest BCUT2D eigenvalue weighted by atomic mass is 16.2. The first-order valence-corrected chi connectivity index (χ1v) is 9.68. The summed E-state index contributed by atoms with van der Waals surface area (Å²) in [5.74, 6) is -0.120. The molecule has 3 aromatic carbocycles. The van der Waals surface area contributed by atoms with Gasteiger partial charge in [0.15, 0.2) is 0 Å². The number of benzene rings is 3. The Kier molecular flexibility index (Phi) is 5.07. The molecule has 0 radical (unpaired) electrons. The zero-order chi connectivity index (χ0) is 19.4. The Morgan fingerprint density at radius 3 is 1.93 bits per heavy atom. The van der Waals surface area contributed by atoms with Gasteiger partial charge in [-0.2, -0.15) is 5.10 Å². The van der Waals surface area contributed by atoms with Crippen LogP contribution >= 0.6 is 0 Å². The lowest BCUT2D eigenvalue weighted by atomic mass is 9.85. The predicted molar refractivity (Wildman–Crippen MR) is 113 cm³/mol. The minimum Gasteiger partial charge on any atom is -0.273 e. The molecule has 0 spiro atoms. The van der Waals surface area contributed by atoms with Crippen LogP contribution < -0.4 is 5.43 Å². The summed E-state index contributed by atoms with van der Waals surface area (Å²) < 4.78 is 0. The summed E-state index contributed by atoms with van der Waals surface area (Å²) in [7, 11) is 0. The van der Waals surface area contributed by atoms with Crippen LogP contribution in [0.1, 0.15) is 30.0 Å². The van der Waals surface area contributed by atoms with Gasteiger partial charge in [-0.15, -0.1) is 0 Å². The van der Waals surface area contributed by atoms with Crippen LogP contribution in [0.3, 0.4) is 0 Å². The minimum absolute atomic E-state index is 0.0138. The highest BCUT2D eigenvalue weighted by Gasteiger charge is 2.60. The molecule has 3 nitrogen and oxygen atoms in total. The maximum absolute atomic E-state index is 12.9. The Balaban J connectivity index is 1.51. The molecule has 0 saturated heterocycles. The number of carbonyl (C=O) groups excluding carboxylic acids is 1. The number of rotatable bonds is 6. The van der Waals surface area contributed by atoms with Gasteiger partial charge in [0.2, 0.25) is 5.91 Å². The SMILES string of the molecule is C/C(Cc1ccccc1)=N\NC(=O)[C@@H]1CC1(c1ccccc1)c1ccccc1. The second-order valence-corrected chi connectivity index (χ2v) is 7.45. The standard InChI is InChI=1S/C25H24N2O/c1-19(17-20-11-5-2-6-12-20)26-27-24(28)23-18-25(23,21-13-7-3-8-14-21)22-15-9-4-10-16-22/h2-16,23H,17-18H2,1H3,(H,27,28)/b26-19+/t23-/m0/s1. The lowest BCUT2D eigenvalue weighted by Crippen LogP contribution is -2.26. The smallest absolute Gasteiger partial charge is 0.244 e. The Bertz CT molecular complexity index is 926. The van der Waals surface area contributed by atoms with E-state index in [1.54, 1.807) is 0 Å². The molecule has 3 heteroatoms. The van der Waals surface area contributed by atoms with E-state index in [1.807, 2.05) is 61.5 Å². The maximum Gasteiger partial charge on any atom is 0.244 e. The average Bonchev–Trinajstić information content (AvgIpc) is 3.51. The summed E-state index contributed by atoms with van der Waals surface area (Å²) in [5, 5.41) is 4.35. The maximum atomic E-state index is 12.9. The summed E-state index contributed by atoms with van der Waals surface area (Å²) in [6, 6.07) is 30.8. The Labute approximate surface area is 166 Å². The van der Waals surface area contributed by atoms with Crippen molar-refractivity contribution in [2.75, 3.05) is 0 Å². The third kappa shape index (κ3) is 3.61. The first-order chi connectivity index (χ1) is 13.7. The van der Waals surface area contributed by atoms with Crippen LogP contribution in [-0.2, 0) is 16.6 Å². The van der Waals surface area contributed by atoms with Crippen molar-refractivity contribution in [2.45, 2.75) is 25.2 Å². The van der Waals surface area contributed by atoms with E-state index in [-0.39, 0.29) is 17.2 Å². The molecule has 1 aliphatic rings. The Hall–Kier alpha value is -3.20. The van der Waals surface area contributed by atoms with Crippen molar-refractivity contribution in [2.24, 2.45) is 11.0 Å². The first kappa shape index (κ1) is 18.2. The van der Waals surface area contributed by atoms with Crippen LogP contribution in [-0.4, -0.2) is 11.6 Å². The van der Waals surface area contributed by atoms with E-state index in [1.165, 1.54) is 16.7 Å². The van der Waals surface area contributed by atoms with Crippen molar-refractivity contribution >= 4 is 11.6 Å². The van der Waals surface area contributed by atoms with Gasteiger partial charge < -0.3 is 0 Å². The van der Waals surface area contributed by atoms with E-state index in [9.17, 15) is 4.79 Å². The van der Waals surface area contributed by atoms with E-state index in [2.05, 4.69) is 46.9 Å². The molecule has 0 heterocycles. The van der Waals surface area contributed by atoms with Gasteiger partial charge in [0.1, 0.15) is 0 Å². The molecule has 0 aromatic heterocycles. The van der Waals surface area contributed by atoms with Gasteiger partial charge in [-0.25, -0.2) is 5.43 Å². The lowest BCUT2D eigenvalue weighted by molar-refractivity contribution is -0.122. The van der Waals surface area contributed by atoms with Gasteiger partial charge in [0.05, 0.1) is 5.92 Å². The van der Waals surface area contributed by atoms with Gasteiger partial charge in [-0.1, -0.05) is 91.0 Å². The molecule has 1 aliphatic carbocycles. The number of amides is 1. The molecule has 1 atom stereocenters. The van der Waals surface area contributed by atoms with Crippen molar-refractivity contribution < 1.29 is 4.79 Å². The quantitative estimate of drug-likeness (QED) is 0.496. The molecule has 0 unspecified atom stereocenters. The minimum atomic E-state index is -0.255. The Morgan fingerprint density at radius 1 is 0.893 bits per heavy atom. The normalized spacial score (nSPS) is 17.8.